The van der Waals surface area contributed by atoms with E-state index < -0.39 is 11.7 Å². The summed E-state index contributed by atoms with van der Waals surface area (Å²) in [6.07, 6.45) is -4.42. The van der Waals surface area contributed by atoms with E-state index in [4.69, 9.17) is 9.68 Å². The van der Waals surface area contributed by atoms with Gasteiger partial charge in [-0.15, -0.1) is 11.8 Å². The number of alkyl halides is 3. The zero-order valence-electron chi connectivity index (χ0n) is 15.9. The standard InChI is InChI=1S/C20H20F3N3O2S/c1-13(14-6-5-7-15(12-14)20(21,22)23)25-28-17-9-4-3-8-16(17)18(26-27-2)19-24-10-11-29-19/h3-9,12,19,24H,10-11H2,1-2H3. The van der Waals surface area contributed by atoms with Crippen LogP contribution in [0.2, 0.25) is 0 Å². The summed E-state index contributed by atoms with van der Waals surface area (Å²) in [5, 5.41) is 11.5. The summed E-state index contributed by atoms with van der Waals surface area (Å²) in [5.41, 5.74) is 1.28. The molecule has 1 heterocycles. The normalized spacial score (nSPS) is 18.0. The number of rotatable bonds is 6. The number of hydrogen-bond donors (Lipinski definition) is 1. The van der Waals surface area contributed by atoms with E-state index in [2.05, 4.69) is 15.6 Å². The van der Waals surface area contributed by atoms with E-state index in [0.717, 1.165) is 24.4 Å². The molecular formula is C20H20F3N3O2S. The molecule has 0 spiro atoms. The minimum Gasteiger partial charge on any atom is -0.399 e. The molecule has 2 aromatic rings. The van der Waals surface area contributed by atoms with Gasteiger partial charge in [0.05, 0.1) is 11.3 Å². The van der Waals surface area contributed by atoms with Gasteiger partial charge in [-0.25, -0.2) is 0 Å². The fraction of sp³-hybridized carbons (Fsp3) is 0.300. The Morgan fingerprint density at radius 2 is 1.93 bits per heavy atom. The summed E-state index contributed by atoms with van der Waals surface area (Å²) in [6, 6.07) is 12.2. The first kappa shape index (κ1) is 21.2. The Bertz CT molecular complexity index is 910. The molecule has 154 valence electrons. The van der Waals surface area contributed by atoms with Gasteiger partial charge in [-0.2, -0.15) is 13.2 Å². The van der Waals surface area contributed by atoms with E-state index in [0.29, 0.717) is 28.3 Å². The molecule has 1 aliphatic rings. The first-order valence-electron chi connectivity index (χ1n) is 8.85. The molecule has 2 aromatic carbocycles. The van der Waals surface area contributed by atoms with E-state index >= 15 is 0 Å². The highest BCUT2D eigenvalue weighted by atomic mass is 32.2. The summed E-state index contributed by atoms with van der Waals surface area (Å²) in [5.74, 6) is 1.38. The van der Waals surface area contributed by atoms with Gasteiger partial charge < -0.3 is 9.68 Å². The predicted molar refractivity (Wildman–Crippen MR) is 109 cm³/mol. The molecule has 0 aromatic heterocycles. The number of thioether (sulfide) groups is 1. The second-order valence-corrected chi connectivity index (χ2v) is 7.42. The van der Waals surface area contributed by atoms with Crippen LogP contribution in [0.5, 0.6) is 5.75 Å². The van der Waals surface area contributed by atoms with Crippen LogP contribution in [-0.2, 0) is 11.0 Å². The summed E-state index contributed by atoms with van der Waals surface area (Å²) >= 11 is 1.70. The van der Waals surface area contributed by atoms with E-state index in [1.54, 1.807) is 36.9 Å². The third kappa shape index (κ3) is 5.30. The zero-order chi connectivity index (χ0) is 20.9. The Hall–Kier alpha value is -2.52. The van der Waals surface area contributed by atoms with Crippen LogP contribution in [0.25, 0.3) is 0 Å². The predicted octanol–water partition coefficient (Wildman–Crippen LogP) is 4.52. The van der Waals surface area contributed by atoms with Crippen molar-refractivity contribution < 1.29 is 22.8 Å². The molecule has 0 bridgehead atoms. The molecule has 9 heteroatoms. The van der Waals surface area contributed by atoms with Crippen LogP contribution >= 0.6 is 11.8 Å². The maximum atomic E-state index is 12.9. The molecule has 0 aliphatic carbocycles. The van der Waals surface area contributed by atoms with Gasteiger partial charge in [0.15, 0.2) is 5.75 Å². The molecule has 5 nitrogen and oxygen atoms in total. The van der Waals surface area contributed by atoms with Crippen molar-refractivity contribution in [1.29, 1.82) is 0 Å². The van der Waals surface area contributed by atoms with Crippen molar-refractivity contribution in [2.45, 2.75) is 18.5 Å². The highest BCUT2D eigenvalue weighted by Crippen LogP contribution is 2.30. The van der Waals surface area contributed by atoms with Crippen LogP contribution < -0.4 is 10.2 Å². The van der Waals surface area contributed by atoms with Crippen molar-refractivity contribution in [3.63, 3.8) is 0 Å². The number of oxime groups is 2. The Morgan fingerprint density at radius 3 is 2.62 bits per heavy atom. The summed E-state index contributed by atoms with van der Waals surface area (Å²) in [6.45, 7) is 2.45. The highest BCUT2D eigenvalue weighted by molar-refractivity contribution is 8.00. The van der Waals surface area contributed by atoms with Crippen LogP contribution in [0.1, 0.15) is 23.6 Å². The van der Waals surface area contributed by atoms with Crippen LogP contribution in [-0.4, -0.2) is 36.2 Å². The van der Waals surface area contributed by atoms with Gasteiger partial charge in [0, 0.05) is 17.9 Å². The lowest BCUT2D eigenvalue weighted by Gasteiger charge is -2.15. The number of benzene rings is 2. The van der Waals surface area contributed by atoms with Gasteiger partial charge in [0.2, 0.25) is 0 Å². The third-order valence-electron chi connectivity index (χ3n) is 4.21. The fourth-order valence-corrected chi connectivity index (χ4v) is 3.82. The average molecular weight is 423 g/mol. The van der Waals surface area contributed by atoms with E-state index in [9.17, 15) is 13.2 Å². The monoisotopic (exact) mass is 423 g/mol. The lowest BCUT2D eigenvalue weighted by molar-refractivity contribution is -0.137. The molecule has 1 unspecified atom stereocenters. The first-order chi connectivity index (χ1) is 13.9. The van der Waals surface area contributed by atoms with Crippen molar-refractivity contribution in [1.82, 2.24) is 5.32 Å². The Balaban J connectivity index is 1.87. The topological polar surface area (TPSA) is 55.2 Å². The number of nitrogens with zero attached hydrogens (tertiary/aromatic N) is 2. The smallest absolute Gasteiger partial charge is 0.399 e. The molecule has 0 amide bonds. The third-order valence-corrected chi connectivity index (χ3v) is 5.37. The van der Waals surface area contributed by atoms with Gasteiger partial charge >= 0.3 is 6.18 Å². The van der Waals surface area contributed by atoms with Crippen LogP contribution in [0.3, 0.4) is 0 Å². The quantitative estimate of drug-likeness (QED) is 0.548. The molecule has 3 rings (SSSR count). The first-order valence-corrected chi connectivity index (χ1v) is 9.89. The number of hydrogen-bond acceptors (Lipinski definition) is 6. The van der Waals surface area contributed by atoms with Crippen LogP contribution in [0, 0.1) is 0 Å². The second-order valence-electron chi connectivity index (χ2n) is 6.21. The molecule has 0 saturated carbocycles. The maximum Gasteiger partial charge on any atom is 0.416 e. The van der Waals surface area contributed by atoms with E-state index in [1.165, 1.54) is 13.2 Å². The molecule has 1 saturated heterocycles. The minimum atomic E-state index is -4.42. The van der Waals surface area contributed by atoms with Crippen molar-refractivity contribution in [2.75, 3.05) is 19.4 Å². The van der Waals surface area contributed by atoms with Crippen molar-refractivity contribution in [3.05, 3.63) is 65.2 Å². The number of para-hydroxylation sites is 1. The minimum absolute atomic E-state index is 0.0479. The SMILES string of the molecule is CON=C(c1ccccc1ON=C(C)c1cccc(C(F)(F)F)c1)C1NCCS1. The van der Waals surface area contributed by atoms with Gasteiger partial charge in [-0.05, 0) is 36.8 Å². The van der Waals surface area contributed by atoms with E-state index in [1.807, 2.05) is 12.1 Å². The molecule has 29 heavy (non-hydrogen) atoms. The van der Waals surface area contributed by atoms with Crippen molar-refractivity contribution in [2.24, 2.45) is 10.3 Å². The Kier molecular flexibility index (Phi) is 6.81. The fourth-order valence-electron chi connectivity index (χ4n) is 2.79. The van der Waals surface area contributed by atoms with Crippen molar-refractivity contribution >= 4 is 23.2 Å². The van der Waals surface area contributed by atoms with E-state index in [-0.39, 0.29) is 5.37 Å². The van der Waals surface area contributed by atoms with Crippen LogP contribution in [0.15, 0.2) is 58.8 Å². The number of nitrogens with one attached hydrogen (secondary N) is 1. The molecule has 1 N–H and O–H groups in total. The molecule has 1 fully saturated rings. The Morgan fingerprint density at radius 1 is 1.14 bits per heavy atom. The molecule has 1 atom stereocenters. The molecule has 1 aliphatic heterocycles. The second kappa shape index (κ2) is 9.32. The van der Waals surface area contributed by atoms with Gasteiger partial charge in [0.1, 0.15) is 18.2 Å². The average Bonchev–Trinajstić information content (AvgIpc) is 3.24. The lowest BCUT2D eigenvalue weighted by Crippen LogP contribution is -2.30. The molecular weight excluding hydrogens is 403 g/mol. The van der Waals surface area contributed by atoms with Gasteiger partial charge in [-0.1, -0.05) is 34.6 Å². The van der Waals surface area contributed by atoms with Gasteiger partial charge in [-0.3, -0.25) is 5.32 Å². The lowest BCUT2D eigenvalue weighted by atomic mass is 10.1. The van der Waals surface area contributed by atoms with Crippen LogP contribution in [0.4, 0.5) is 13.2 Å². The summed E-state index contributed by atoms with van der Waals surface area (Å²) in [7, 11) is 1.47. The summed E-state index contributed by atoms with van der Waals surface area (Å²) in [4.78, 5) is 10.6. The Labute approximate surface area is 170 Å². The highest BCUT2D eigenvalue weighted by Gasteiger charge is 2.30. The largest absolute Gasteiger partial charge is 0.416 e. The van der Waals surface area contributed by atoms with Gasteiger partial charge in [0.25, 0.3) is 0 Å². The van der Waals surface area contributed by atoms with Crippen molar-refractivity contribution in [3.8, 4) is 5.75 Å². The number of halogens is 3. The summed E-state index contributed by atoms with van der Waals surface area (Å²) < 4.78 is 38.8. The maximum absolute atomic E-state index is 12.9. The zero-order valence-corrected chi connectivity index (χ0v) is 16.7. The molecule has 0 radical (unpaired) electrons.